The van der Waals surface area contributed by atoms with Crippen molar-refractivity contribution in [3.8, 4) is 0 Å². The van der Waals surface area contributed by atoms with E-state index in [1.165, 1.54) is 12.1 Å². The number of carbonyl (C=O) groups excluding carboxylic acids is 1. The molecule has 0 bridgehead atoms. The maximum Gasteiger partial charge on any atom is 0.251 e. The Balaban J connectivity index is 1.77. The van der Waals surface area contributed by atoms with Crippen molar-refractivity contribution in [2.45, 2.75) is 24.9 Å². The lowest BCUT2D eigenvalue weighted by Crippen LogP contribution is -2.24. The minimum absolute atomic E-state index is 0.138. The average molecular weight is 383 g/mol. The number of nitrogens with one attached hydrogen (secondary N) is 1. The van der Waals surface area contributed by atoms with Crippen LogP contribution in [0.1, 0.15) is 27.0 Å². The first-order valence-corrected chi connectivity index (χ1v) is 10.3. The molecular weight excluding hydrogens is 362 g/mol. The monoisotopic (exact) mass is 383 g/mol. The Kier molecular flexibility index (Phi) is 5.41. The molecule has 0 atom stereocenters. The van der Waals surface area contributed by atoms with E-state index in [1.54, 1.807) is 25.5 Å². The predicted octanol–water partition coefficient (Wildman–Crippen LogP) is 2.57. The van der Waals surface area contributed by atoms with Gasteiger partial charge in [-0.1, -0.05) is 30.3 Å². The van der Waals surface area contributed by atoms with E-state index >= 15 is 0 Å². The van der Waals surface area contributed by atoms with Crippen molar-refractivity contribution < 1.29 is 13.2 Å². The van der Waals surface area contributed by atoms with Gasteiger partial charge in [-0.15, -0.1) is 0 Å². The number of amides is 1. The topological polar surface area (TPSA) is 81.1 Å². The number of aryl methyl sites for hydroxylation is 1. The summed E-state index contributed by atoms with van der Waals surface area (Å²) in [5.74, 6) is -0.296. The number of benzene rings is 2. The molecule has 0 aliphatic heterocycles. The highest BCUT2D eigenvalue weighted by Gasteiger charge is 2.14. The van der Waals surface area contributed by atoms with Crippen LogP contribution >= 0.6 is 0 Å². The lowest BCUT2D eigenvalue weighted by Gasteiger charge is -2.13. The molecule has 0 spiro atoms. The van der Waals surface area contributed by atoms with Crippen LogP contribution in [-0.2, 0) is 22.9 Å². The zero-order valence-corrected chi connectivity index (χ0v) is 16.0. The smallest absolute Gasteiger partial charge is 0.251 e. The van der Waals surface area contributed by atoms with Crippen molar-refractivity contribution in [2.24, 2.45) is 0 Å². The first kappa shape index (κ1) is 18.8. The molecule has 3 aromatic rings. The fourth-order valence-electron chi connectivity index (χ4n) is 2.81. The van der Waals surface area contributed by atoms with Crippen molar-refractivity contribution in [1.29, 1.82) is 0 Å². The zero-order chi connectivity index (χ0) is 19.4. The van der Waals surface area contributed by atoms with Gasteiger partial charge in [0.2, 0.25) is 0 Å². The van der Waals surface area contributed by atoms with Crippen LogP contribution in [0.5, 0.6) is 0 Å². The SMILES string of the molecule is Cc1ccc(S(C)(=O)=O)cc1C(=O)NCc1ccccc1Cn1ccnc1. The Hall–Kier alpha value is -2.93. The Morgan fingerprint density at radius 2 is 1.89 bits per heavy atom. The van der Waals surface area contributed by atoms with Gasteiger partial charge < -0.3 is 9.88 Å². The highest BCUT2D eigenvalue weighted by atomic mass is 32.2. The maximum atomic E-state index is 12.6. The van der Waals surface area contributed by atoms with Gasteiger partial charge in [0.15, 0.2) is 9.84 Å². The van der Waals surface area contributed by atoms with Gasteiger partial charge in [-0.2, -0.15) is 0 Å². The van der Waals surface area contributed by atoms with Crippen molar-refractivity contribution >= 4 is 15.7 Å². The number of hydrogen-bond acceptors (Lipinski definition) is 4. The fourth-order valence-corrected chi connectivity index (χ4v) is 3.46. The number of carbonyl (C=O) groups is 1. The van der Waals surface area contributed by atoms with Crippen LogP contribution in [0.25, 0.3) is 0 Å². The molecule has 1 aromatic heterocycles. The third-order valence-electron chi connectivity index (χ3n) is 4.35. The van der Waals surface area contributed by atoms with Crippen LogP contribution in [0, 0.1) is 6.92 Å². The molecule has 27 heavy (non-hydrogen) atoms. The summed E-state index contributed by atoms with van der Waals surface area (Å²) in [6, 6.07) is 12.5. The van der Waals surface area contributed by atoms with E-state index in [2.05, 4.69) is 10.3 Å². The van der Waals surface area contributed by atoms with Crippen LogP contribution in [0.3, 0.4) is 0 Å². The van der Waals surface area contributed by atoms with Gasteiger partial charge in [-0.05, 0) is 35.7 Å². The number of imidazole rings is 1. The molecule has 0 aliphatic carbocycles. The molecule has 0 unspecified atom stereocenters. The molecule has 7 heteroatoms. The molecule has 140 valence electrons. The summed E-state index contributed by atoms with van der Waals surface area (Å²) < 4.78 is 25.5. The number of rotatable bonds is 6. The third-order valence-corrected chi connectivity index (χ3v) is 5.46. The highest BCUT2D eigenvalue weighted by molar-refractivity contribution is 7.90. The highest BCUT2D eigenvalue weighted by Crippen LogP contribution is 2.16. The Bertz CT molecular complexity index is 1060. The summed E-state index contributed by atoms with van der Waals surface area (Å²) in [5.41, 5.74) is 3.17. The number of nitrogens with zero attached hydrogens (tertiary/aromatic N) is 2. The summed E-state index contributed by atoms with van der Waals surface area (Å²) >= 11 is 0. The van der Waals surface area contributed by atoms with E-state index < -0.39 is 9.84 Å². The molecule has 3 rings (SSSR count). The van der Waals surface area contributed by atoms with Crippen LogP contribution in [-0.4, -0.2) is 30.1 Å². The quantitative estimate of drug-likeness (QED) is 0.709. The molecule has 0 saturated carbocycles. The molecule has 2 aromatic carbocycles. The van der Waals surface area contributed by atoms with E-state index in [0.29, 0.717) is 18.7 Å². The molecule has 1 N–H and O–H groups in total. The summed E-state index contributed by atoms with van der Waals surface area (Å²) in [6.45, 7) is 2.80. The van der Waals surface area contributed by atoms with Gasteiger partial charge >= 0.3 is 0 Å². The predicted molar refractivity (Wildman–Crippen MR) is 103 cm³/mol. The minimum atomic E-state index is -3.37. The summed E-state index contributed by atoms with van der Waals surface area (Å²) in [6.07, 6.45) is 6.48. The van der Waals surface area contributed by atoms with Crippen molar-refractivity contribution in [3.05, 3.63) is 83.4 Å². The molecule has 1 heterocycles. The van der Waals surface area contributed by atoms with E-state index in [1.807, 2.05) is 35.0 Å². The lowest BCUT2D eigenvalue weighted by molar-refractivity contribution is 0.0950. The van der Waals surface area contributed by atoms with E-state index in [0.717, 1.165) is 22.9 Å². The van der Waals surface area contributed by atoms with Gasteiger partial charge in [0.25, 0.3) is 5.91 Å². The third kappa shape index (κ3) is 4.62. The van der Waals surface area contributed by atoms with Crippen molar-refractivity contribution in [2.75, 3.05) is 6.26 Å². The molecule has 0 aliphatic rings. The minimum Gasteiger partial charge on any atom is -0.348 e. The maximum absolute atomic E-state index is 12.6. The van der Waals surface area contributed by atoms with Crippen LogP contribution < -0.4 is 5.32 Å². The summed E-state index contributed by atoms with van der Waals surface area (Å²) in [4.78, 5) is 16.8. The molecule has 0 saturated heterocycles. The summed E-state index contributed by atoms with van der Waals surface area (Å²) in [5, 5.41) is 2.90. The molecular formula is C20H21N3O3S. The number of hydrogen-bond donors (Lipinski definition) is 1. The lowest BCUT2D eigenvalue weighted by atomic mass is 10.1. The Morgan fingerprint density at radius 3 is 2.56 bits per heavy atom. The molecule has 0 fully saturated rings. The van der Waals surface area contributed by atoms with E-state index in [4.69, 9.17) is 0 Å². The van der Waals surface area contributed by atoms with E-state index in [9.17, 15) is 13.2 Å². The largest absolute Gasteiger partial charge is 0.348 e. The molecule has 0 radical (unpaired) electrons. The van der Waals surface area contributed by atoms with Gasteiger partial charge in [-0.25, -0.2) is 13.4 Å². The second-order valence-electron chi connectivity index (χ2n) is 6.44. The van der Waals surface area contributed by atoms with Crippen molar-refractivity contribution in [3.63, 3.8) is 0 Å². The number of sulfone groups is 1. The normalized spacial score (nSPS) is 11.3. The molecule has 1 amide bonds. The first-order valence-electron chi connectivity index (χ1n) is 8.46. The second-order valence-corrected chi connectivity index (χ2v) is 8.45. The Labute approximate surface area is 158 Å². The van der Waals surface area contributed by atoms with Crippen molar-refractivity contribution in [1.82, 2.24) is 14.9 Å². The van der Waals surface area contributed by atoms with Gasteiger partial charge in [0, 0.05) is 37.3 Å². The van der Waals surface area contributed by atoms with Crippen LogP contribution in [0.15, 0.2) is 66.1 Å². The second kappa shape index (κ2) is 7.75. The van der Waals surface area contributed by atoms with Crippen LogP contribution in [0.2, 0.25) is 0 Å². The standard InChI is InChI=1S/C20H21N3O3S/c1-15-7-8-18(27(2,25)26)11-19(15)20(24)22-12-16-5-3-4-6-17(16)13-23-10-9-21-14-23/h3-11,14H,12-13H2,1-2H3,(H,22,24). The summed E-state index contributed by atoms with van der Waals surface area (Å²) in [7, 11) is -3.37. The molecule has 6 nitrogen and oxygen atoms in total. The first-order chi connectivity index (χ1) is 12.8. The average Bonchev–Trinajstić information content (AvgIpc) is 3.13. The van der Waals surface area contributed by atoms with Crippen LogP contribution in [0.4, 0.5) is 0 Å². The Morgan fingerprint density at radius 1 is 1.15 bits per heavy atom. The fraction of sp³-hybridized carbons (Fsp3) is 0.200. The van der Waals surface area contributed by atoms with Gasteiger partial charge in [-0.3, -0.25) is 4.79 Å². The van der Waals surface area contributed by atoms with Gasteiger partial charge in [0.05, 0.1) is 11.2 Å². The number of aromatic nitrogens is 2. The van der Waals surface area contributed by atoms with Gasteiger partial charge in [0.1, 0.15) is 0 Å². The van der Waals surface area contributed by atoms with E-state index in [-0.39, 0.29) is 10.8 Å². The zero-order valence-electron chi connectivity index (χ0n) is 15.2.